The second-order valence-electron chi connectivity index (χ2n) is 3.92. The Bertz CT molecular complexity index is 598. The lowest BCUT2D eigenvalue weighted by atomic mass is 10.2. The van der Waals surface area contributed by atoms with Crippen LogP contribution in [0.25, 0.3) is 0 Å². The van der Waals surface area contributed by atoms with Crippen molar-refractivity contribution < 1.29 is 9.18 Å². The summed E-state index contributed by atoms with van der Waals surface area (Å²) in [6, 6.07) is 11.6. The van der Waals surface area contributed by atoms with E-state index in [1.54, 1.807) is 12.1 Å². The van der Waals surface area contributed by atoms with Gasteiger partial charge in [-0.15, -0.1) is 0 Å². The number of anilines is 1. The van der Waals surface area contributed by atoms with E-state index in [-0.39, 0.29) is 10.6 Å². The Labute approximate surface area is 109 Å². The standard InChI is InChI=1S/C14H11ClFNO/c1-9-4-2-5-10(8-9)17-14(18)11-6-3-7-12(15)13(11)16/h2-8H,1H3,(H,17,18). The Balaban J connectivity index is 2.25. The number of nitrogens with one attached hydrogen (secondary N) is 1. The van der Waals surface area contributed by atoms with Gasteiger partial charge in [0.05, 0.1) is 10.6 Å². The van der Waals surface area contributed by atoms with E-state index in [2.05, 4.69) is 5.32 Å². The summed E-state index contributed by atoms with van der Waals surface area (Å²) in [6.07, 6.45) is 0. The van der Waals surface area contributed by atoms with E-state index in [0.29, 0.717) is 5.69 Å². The lowest BCUT2D eigenvalue weighted by Gasteiger charge is -2.07. The predicted octanol–water partition coefficient (Wildman–Crippen LogP) is 4.04. The predicted molar refractivity (Wildman–Crippen MR) is 70.5 cm³/mol. The van der Waals surface area contributed by atoms with Crippen molar-refractivity contribution in [3.63, 3.8) is 0 Å². The summed E-state index contributed by atoms with van der Waals surface area (Å²) in [7, 11) is 0. The second-order valence-corrected chi connectivity index (χ2v) is 4.33. The maximum atomic E-state index is 13.6. The number of hydrogen-bond donors (Lipinski definition) is 1. The molecule has 0 radical (unpaired) electrons. The van der Waals surface area contributed by atoms with Gasteiger partial charge in [0, 0.05) is 5.69 Å². The minimum absolute atomic E-state index is 0.0631. The summed E-state index contributed by atoms with van der Waals surface area (Å²) >= 11 is 5.63. The Hall–Kier alpha value is -1.87. The van der Waals surface area contributed by atoms with Crippen LogP contribution in [0.5, 0.6) is 0 Å². The highest BCUT2D eigenvalue weighted by molar-refractivity contribution is 6.31. The molecule has 0 saturated heterocycles. The summed E-state index contributed by atoms with van der Waals surface area (Å²) < 4.78 is 13.6. The molecule has 0 aliphatic rings. The van der Waals surface area contributed by atoms with Gasteiger partial charge in [-0.25, -0.2) is 4.39 Å². The molecule has 0 fully saturated rings. The average Bonchev–Trinajstić information content (AvgIpc) is 2.32. The van der Waals surface area contributed by atoms with Crippen LogP contribution in [0, 0.1) is 12.7 Å². The van der Waals surface area contributed by atoms with E-state index >= 15 is 0 Å². The normalized spacial score (nSPS) is 10.2. The minimum Gasteiger partial charge on any atom is -0.322 e. The zero-order chi connectivity index (χ0) is 13.1. The van der Waals surface area contributed by atoms with Crippen LogP contribution in [-0.2, 0) is 0 Å². The first-order chi connectivity index (χ1) is 8.58. The van der Waals surface area contributed by atoms with Crippen molar-refractivity contribution in [1.29, 1.82) is 0 Å². The van der Waals surface area contributed by atoms with E-state index in [0.717, 1.165) is 5.56 Å². The number of aryl methyl sites for hydroxylation is 1. The van der Waals surface area contributed by atoms with Crippen LogP contribution < -0.4 is 5.32 Å². The summed E-state index contributed by atoms with van der Waals surface area (Å²) in [5, 5.41) is 2.57. The molecule has 2 aromatic carbocycles. The molecule has 0 atom stereocenters. The smallest absolute Gasteiger partial charge is 0.258 e. The number of carbonyl (C=O) groups is 1. The van der Waals surface area contributed by atoms with Crippen molar-refractivity contribution in [2.75, 3.05) is 5.32 Å². The minimum atomic E-state index is -0.704. The fourth-order valence-corrected chi connectivity index (χ4v) is 1.77. The summed E-state index contributed by atoms with van der Waals surface area (Å²) in [5.41, 5.74) is 1.57. The molecule has 0 aromatic heterocycles. The molecular weight excluding hydrogens is 253 g/mol. The van der Waals surface area contributed by atoms with Crippen LogP contribution in [0.2, 0.25) is 5.02 Å². The molecule has 0 heterocycles. The van der Waals surface area contributed by atoms with Crippen LogP contribution in [-0.4, -0.2) is 5.91 Å². The zero-order valence-electron chi connectivity index (χ0n) is 9.71. The van der Waals surface area contributed by atoms with Gasteiger partial charge in [0.25, 0.3) is 5.91 Å². The quantitative estimate of drug-likeness (QED) is 0.870. The number of halogens is 2. The van der Waals surface area contributed by atoms with Gasteiger partial charge in [-0.05, 0) is 36.8 Å². The van der Waals surface area contributed by atoms with Crippen molar-refractivity contribution in [3.05, 3.63) is 64.4 Å². The third-order valence-electron chi connectivity index (χ3n) is 2.47. The first kappa shape index (κ1) is 12.6. The Kier molecular flexibility index (Phi) is 3.63. The fourth-order valence-electron chi connectivity index (χ4n) is 1.60. The molecule has 2 nitrogen and oxygen atoms in total. The van der Waals surface area contributed by atoms with Crippen LogP contribution in [0.3, 0.4) is 0 Å². The third kappa shape index (κ3) is 2.68. The summed E-state index contributed by atoms with van der Waals surface area (Å²) in [4.78, 5) is 11.9. The van der Waals surface area contributed by atoms with Crippen LogP contribution in [0.15, 0.2) is 42.5 Å². The molecule has 2 aromatic rings. The Morgan fingerprint density at radius 1 is 1.22 bits per heavy atom. The Morgan fingerprint density at radius 3 is 2.67 bits per heavy atom. The molecule has 2 rings (SSSR count). The van der Waals surface area contributed by atoms with Gasteiger partial charge in [-0.3, -0.25) is 4.79 Å². The molecule has 1 amide bonds. The maximum absolute atomic E-state index is 13.6. The van der Waals surface area contributed by atoms with Gasteiger partial charge in [-0.1, -0.05) is 29.8 Å². The number of carbonyl (C=O) groups excluding carboxylic acids is 1. The molecule has 18 heavy (non-hydrogen) atoms. The van der Waals surface area contributed by atoms with Crippen LogP contribution in [0.4, 0.5) is 10.1 Å². The third-order valence-corrected chi connectivity index (χ3v) is 2.76. The number of amides is 1. The van der Waals surface area contributed by atoms with Crippen molar-refractivity contribution in [3.8, 4) is 0 Å². The van der Waals surface area contributed by atoms with Gasteiger partial charge in [-0.2, -0.15) is 0 Å². The van der Waals surface area contributed by atoms with Gasteiger partial charge in [0.15, 0.2) is 5.82 Å². The van der Waals surface area contributed by atoms with E-state index < -0.39 is 11.7 Å². The van der Waals surface area contributed by atoms with E-state index in [9.17, 15) is 9.18 Å². The molecule has 1 N–H and O–H groups in total. The maximum Gasteiger partial charge on any atom is 0.258 e. The summed E-state index contributed by atoms with van der Waals surface area (Å²) in [5.74, 6) is -1.22. The highest BCUT2D eigenvalue weighted by Crippen LogP contribution is 2.19. The SMILES string of the molecule is Cc1cccc(NC(=O)c2cccc(Cl)c2F)c1. The molecule has 0 saturated carbocycles. The van der Waals surface area contributed by atoms with Crippen molar-refractivity contribution in [2.24, 2.45) is 0 Å². The largest absolute Gasteiger partial charge is 0.322 e. The van der Waals surface area contributed by atoms with Gasteiger partial charge < -0.3 is 5.32 Å². The van der Waals surface area contributed by atoms with Gasteiger partial charge in [0.2, 0.25) is 0 Å². The molecule has 0 unspecified atom stereocenters. The average molecular weight is 264 g/mol. The molecule has 0 bridgehead atoms. The highest BCUT2D eigenvalue weighted by Gasteiger charge is 2.13. The van der Waals surface area contributed by atoms with Crippen LogP contribution in [0.1, 0.15) is 15.9 Å². The van der Waals surface area contributed by atoms with Gasteiger partial charge in [0.1, 0.15) is 0 Å². The first-order valence-corrected chi connectivity index (χ1v) is 5.78. The number of hydrogen-bond acceptors (Lipinski definition) is 1. The first-order valence-electron chi connectivity index (χ1n) is 5.40. The number of rotatable bonds is 2. The zero-order valence-corrected chi connectivity index (χ0v) is 10.5. The molecule has 4 heteroatoms. The lowest BCUT2D eigenvalue weighted by molar-refractivity contribution is 0.102. The fraction of sp³-hybridized carbons (Fsp3) is 0.0714. The lowest BCUT2D eigenvalue weighted by Crippen LogP contribution is -2.13. The molecule has 0 aliphatic carbocycles. The van der Waals surface area contributed by atoms with E-state index in [4.69, 9.17) is 11.6 Å². The summed E-state index contributed by atoms with van der Waals surface area (Å²) in [6.45, 7) is 1.91. The van der Waals surface area contributed by atoms with Crippen molar-refractivity contribution in [2.45, 2.75) is 6.92 Å². The molecular formula is C14H11ClFNO. The molecule has 0 spiro atoms. The molecule has 92 valence electrons. The van der Waals surface area contributed by atoms with Gasteiger partial charge >= 0.3 is 0 Å². The van der Waals surface area contributed by atoms with E-state index in [1.807, 2.05) is 19.1 Å². The topological polar surface area (TPSA) is 29.1 Å². The Morgan fingerprint density at radius 2 is 1.94 bits per heavy atom. The van der Waals surface area contributed by atoms with E-state index in [1.165, 1.54) is 18.2 Å². The van der Waals surface area contributed by atoms with Crippen LogP contribution >= 0.6 is 11.6 Å². The highest BCUT2D eigenvalue weighted by atomic mass is 35.5. The monoisotopic (exact) mass is 263 g/mol. The van der Waals surface area contributed by atoms with Crippen molar-refractivity contribution in [1.82, 2.24) is 0 Å². The number of benzene rings is 2. The second kappa shape index (κ2) is 5.19. The van der Waals surface area contributed by atoms with Crippen molar-refractivity contribution >= 4 is 23.2 Å². The molecule has 0 aliphatic heterocycles.